The minimum Gasteiger partial charge on any atom is -0.490 e. The van der Waals surface area contributed by atoms with Crippen molar-refractivity contribution in [1.29, 1.82) is 0 Å². The minimum absolute atomic E-state index is 0.282. The highest BCUT2D eigenvalue weighted by Crippen LogP contribution is 2.30. The Labute approximate surface area is 110 Å². The largest absolute Gasteiger partial charge is 0.490 e. The van der Waals surface area contributed by atoms with Crippen LogP contribution in [0.25, 0.3) is 0 Å². The number of halogens is 3. The first kappa shape index (κ1) is 15.6. The predicted octanol–water partition coefficient (Wildman–Crippen LogP) is 2.92. The summed E-state index contributed by atoms with van der Waals surface area (Å²) in [7, 11) is 0. The van der Waals surface area contributed by atoms with Crippen LogP contribution in [0.1, 0.15) is 19.4 Å². The summed E-state index contributed by atoms with van der Waals surface area (Å²) in [6, 6.07) is 2.84. The molecule has 0 heterocycles. The van der Waals surface area contributed by atoms with Gasteiger partial charge in [0, 0.05) is 0 Å². The summed E-state index contributed by atoms with van der Waals surface area (Å²) in [5, 5.41) is 0. The van der Waals surface area contributed by atoms with Crippen molar-refractivity contribution in [3.63, 3.8) is 0 Å². The fourth-order valence-corrected chi connectivity index (χ4v) is 1.59. The van der Waals surface area contributed by atoms with E-state index in [0.29, 0.717) is 30.3 Å². The lowest BCUT2D eigenvalue weighted by Gasteiger charge is -2.17. The van der Waals surface area contributed by atoms with Gasteiger partial charge in [-0.15, -0.1) is 0 Å². The van der Waals surface area contributed by atoms with Crippen LogP contribution < -0.4 is 15.2 Å². The van der Waals surface area contributed by atoms with E-state index in [1.165, 1.54) is 0 Å². The molecule has 1 atom stereocenters. The summed E-state index contributed by atoms with van der Waals surface area (Å²) in [4.78, 5) is 0. The Morgan fingerprint density at radius 1 is 1.11 bits per heavy atom. The van der Waals surface area contributed by atoms with Crippen molar-refractivity contribution in [3.05, 3.63) is 23.8 Å². The maximum Gasteiger partial charge on any atom is 0.403 e. The molecular weight excluding hydrogens is 259 g/mol. The summed E-state index contributed by atoms with van der Waals surface area (Å²) in [6.45, 7) is 4.49. The van der Waals surface area contributed by atoms with Crippen LogP contribution in [0.15, 0.2) is 18.2 Å². The van der Waals surface area contributed by atoms with Gasteiger partial charge in [-0.3, -0.25) is 0 Å². The summed E-state index contributed by atoms with van der Waals surface area (Å²) in [5.74, 6) is 0.963. The maximum absolute atomic E-state index is 12.4. The first-order valence-electron chi connectivity index (χ1n) is 6.09. The molecule has 0 aliphatic rings. The van der Waals surface area contributed by atoms with Crippen molar-refractivity contribution in [2.75, 3.05) is 13.2 Å². The van der Waals surface area contributed by atoms with Crippen LogP contribution in [-0.2, 0) is 6.42 Å². The molecule has 3 nitrogen and oxygen atoms in total. The molecule has 1 unspecified atom stereocenters. The topological polar surface area (TPSA) is 44.5 Å². The zero-order valence-electron chi connectivity index (χ0n) is 11.0. The Balaban J connectivity index is 2.88. The highest BCUT2D eigenvalue weighted by Gasteiger charge is 2.36. The molecule has 0 aromatic heterocycles. The van der Waals surface area contributed by atoms with Gasteiger partial charge in [-0.1, -0.05) is 6.07 Å². The van der Waals surface area contributed by atoms with Gasteiger partial charge < -0.3 is 15.2 Å². The van der Waals surface area contributed by atoms with Gasteiger partial charge in [0.05, 0.1) is 13.2 Å². The van der Waals surface area contributed by atoms with Crippen molar-refractivity contribution in [2.45, 2.75) is 32.5 Å². The second-order valence-corrected chi connectivity index (χ2v) is 4.00. The number of nitrogens with two attached hydrogens (primary N) is 1. The van der Waals surface area contributed by atoms with Gasteiger partial charge in [0.15, 0.2) is 11.5 Å². The standard InChI is InChI=1S/C13H18F3NO2/c1-3-18-10-6-5-9(7-11(10)19-4-2)8-12(17)13(14,15)16/h5-7,12H,3-4,8,17H2,1-2H3. The summed E-state index contributed by atoms with van der Waals surface area (Å²) in [6.07, 6.45) is -4.68. The van der Waals surface area contributed by atoms with Crippen molar-refractivity contribution >= 4 is 0 Å². The molecular formula is C13H18F3NO2. The average Bonchev–Trinajstić information content (AvgIpc) is 2.32. The zero-order valence-corrected chi connectivity index (χ0v) is 11.0. The van der Waals surface area contributed by atoms with Crippen LogP contribution in [0, 0.1) is 0 Å². The molecule has 0 aliphatic carbocycles. The molecule has 0 amide bonds. The molecule has 0 aliphatic heterocycles. The molecule has 6 heteroatoms. The van der Waals surface area contributed by atoms with E-state index in [-0.39, 0.29) is 6.42 Å². The third kappa shape index (κ3) is 4.63. The Morgan fingerprint density at radius 2 is 1.68 bits per heavy atom. The first-order valence-corrected chi connectivity index (χ1v) is 6.09. The Bertz CT molecular complexity index is 407. The third-order valence-corrected chi connectivity index (χ3v) is 2.48. The fraction of sp³-hybridized carbons (Fsp3) is 0.538. The number of rotatable bonds is 6. The van der Waals surface area contributed by atoms with E-state index in [1.54, 1.807) is 25.1 Å². The zero-order chi connectivity index (χ0) is 14.5. The lowest BCUT2D eigenvalue weighted by molar-refractivity contribution is -0.147. The molecule has 0 bridgehead atoms. The predicted molar refractivity (Wildman–Crippen MR) is 66.5 cm³/mol. The van der Waals surface area contributed by atoms with E-state index in [4.69, 9.17) is 15.2 Å². The molecule has 0 radical (unpaired) electrons. The van der Waals surface area contributed by atoms with Gasteiger partial charge in [0.1, 0.15) is 6.04 Å². The Morgan fingerprint density at radius 3 is 2.21 bits per heavy atom. The molecule has 1 aromatic carbocycles. The summed E-state index contributed by atoms with van der Waals surface area (Å²) in [5.41, 5.74) is 5.58. The molecule has 2 N–H and O–H groups in total. The average molecular weight is 277 g/mol. The number of alkyl halides is 3. The smallest absolute Gasteiger partial charge is 0.403 e. The quantitative estimate of drug-likeness (QED) is 0.869. The molecule has 0 saturated carbocycles. The summed E-state index contributed by atoms with van der Waals surface area (Å²) < 4.78 is 47.9. The lowest BCUT2D eigenvalue weighted by Crippen LogP contribution is -2.39. The normalized spacial score (nSPS) is 13.2. The highest BCUT2D eigenvalue weighted by molar-refractivity contribution is 5.43. The Hall–Kier alpha value is -1.43. The van der Waals surface area contributed by atoms with Crippen molar-refractivity contribution in [3.8, 4) is 11.5 Å². The van der Waals surface area contributed by atoms with E-state index >= 15 is 0 Å². The molecule has 1 rings (SSSR count). The van der Waals surface area contributed by atoms with Crippen LogP contribution in [0.4, 0.5) is 13.2 Å². The van der Waals surface area contributed by atoms with Crippen LogP contribution >= 0.6 is 0 Å². The molecule has 0 saturated heterocycles. The van der Waals surface area contributed by atoms with Crippen molar-refractivity contribution in [2.24, 2.45) is 5.73 Å². The van der Waals surface area contributed by atoms with Gasteiger partial charge in [0.25, 0.3) is 0 Å². The fourth-order valence-electron chi connectivity index (χ4n) is 1.59. The van der Waals surface area contributed by atoms with Gasteiger partial charge in [-0.2, -0.15) is 13.2 Å². The highest BCUT2D eigenvalue weighted by atomic mass is 19.4. The molecule has 108 valence electrons. The SMILES string of the molecule is CCOc1ccc(CC(N)C(F)(F)F)cc1OCC. The number of benzene rings is 1. The van der Waals surface area contributed by atoms with E-state index in [2.05, 4.69) is 0 Å². The molecule has 19 heavy (non-hydrogen) atoms. The number of hydrogen-bond acceptors (Lipinski definition) is 3. The van der Waals surface area contributed by atoms with Crippen molar-refractivity contribution in [1.82, 2.24) is 0 Å². The van der Waals surface area contributed by atoms with Gasteiger partial charge in [0.2, 0.25) is 0 Å². The number of ether oxygens (including phenoxy) is 2. The summed E-state index contributed by atoms with van der Waals surface area (Å²) >= 11 is 0. The van der Waals surface area contributed by atoms with Crippen molar-refractivity contribution < 1.29 is 22.6 Å². The minimum atomic E-state index is -4.40. The third-order valence-electron chi connectivity index (χ3n) is 2.48. The molecule has 0 fully saturated rings. The van der Waals surface area contributed by atoms with Crippen LogP contribution in [0.2, 0.25) is 0 Å². The van der Waals surface area contributed by atoms with Gasteiger partial charge in [-0.05, 0) is 38.0 Å². The van der Waals surface area contributed by atoms with Gasteiger partial charge in [-0.25, -0.2) is 0 Å². The second kappa shape index (κ2) is 6.65. The molecule has 0 spiro atoms. The van der Waals surface area contributed by atoms with E-state index in [0.717, 1.165) is 0 Å². The number of hydrogen-bond donors (Lipinski definition) is 1. The van der Waals surface area contributed by atoms with Crippen LogP contribution in [0.3, 0.4) is 0 Å². The van der Waals surface area contributed by atoms with E-state index in [9.17, 15) is 13.2 Å². The monoisotopic (exact) mass is 277 g/mol. The Kier molecular flexibility index (Phi) is 5.47. The van der Waals surface area contributed by atoms with Crippen LogP contribution in [-0.4, -0.2) is 25.4 Å². The first-order chi connectivity index (χ1) is 8.88. The maximum atomic E-state index is 12.4. The van der Waals surface area contributed by atoms with E-state index in [1.807, 2.05) is 6.92 Å². The van der Waals surface area contributed by atoms with E-state index < -0.39 is 12.2 Å². The second-order valence-electron chi connectivity index (χ2n) is 4.00. The van der Waals surface area contributed by atoms with Crippen LogP contribution in [0.5, 0.6) is 11.5 Å². The van der Waals surface area contributed by atoms with Gasteiger partial charge >= 0.3 is 6.18 Å². The molecule has 1 aromatic rings. The lowest BCUT2D eigenvalue weighted by atomic mass is 10.1.